The number of nitrogens with one attached hydrogen (secondary N) is 1. The van der Waals surface area contributed by atoms with Crippen LogP contribution in [0.4, 0.5) is 0 Å². The molecule has 1 atom stereocenters. The van der Waals surface area contributed by atoms with Crippen molar-refractivity contribution in [3.8, 4) is 0 Å². The van der Waals surface area contributed by atoms with Gasteiger partial charge in [-0.05, 0) is 44.4 Å². The van der Waals surface area contributed by atoms with Crippen molar-refractivity contribution in [1.82, 2.24) is 15.2 Å². The van der Waals surface area contributed by atoms with Crippen LogP contribution in [0.15, 0.2) is 24.5 Å². The van der Waals surface area contributed by atoms with Crippen LogP contribution in [0.3, 0.4) is 0 Å². The lowest BCUT2D eigenvalue weighted by molar-refractivity contribution is 0.0939. The fourth-order valence-corrected chi connectivity index (χ4v) is 2.70. The highest BCUT2D eigenvalue weighted by Gasteiger charge is 2.30. The highest BCUT2D eigenvalue weighted by atomic mass is 15.2. The highest BCUT2D eigenvalue weighted by molar-refractivity contribution is 5.10. The van der Waals surface area contributed by atoms with Crippen molar-refractivity contribution >= 4 is 0 Å². The van der Waals surface area contributed by atoms with Gasteiger partial charge in [0.25, 0.3) is 0 Å². The molecule has 1 aromatic heterocycles. The molecule has 2 heterocycles. The minimum Gasteiger partial charge on any atom is -0.309 e. The Labute approximate surface area is 111 Å². The number of aromatic nitrogens is 1. The Hall–Kier alpha value is -0.930. The SMILES string of the molecule is CCC1CNC(C)(C)CN1CCc1ccncc1. The molecule has 0 aromatic carbocycles. The number of hydrogen-bond acceptors (Lipinski definition) is 3. The molecule has 2 rings (SSSR count). The minimum absolute atomic E-state index is 0.240. The first-order valence-corrected chi connectivity index (χ1v) is 6.99. The van der Waals surface area contributed by atoms with E-state index in [1.165, 1.54) is 12.0 Å². The van der Waals surface area contributed by atoms with Gasteiger partial charge in [-0.3, -0.25) is 9.88 Å². The average molecular weight is 247 g/mol. The molecule has 0 radical (unpaired) electrons. The summed E-state index contributed by atoms with van der Waals surface area (Å²) in [5.41, 5.74) is 1.63. The summed E-state index contributed by atoms with van der Waals surface area (Å²) in [6.45, 7) is 10.3. The Morgan fingerprint density at radius 3 is 2.78 bits per heavy atom. The topological polar surface area (TPSA) is 28.2 Å². The summed E-state index contributed by atoms with van der Waals surface area (Å²) in [5, 5.41) is 3.64. The van der Waals surface area contributed by atoms with E-state index in [9.17, 15) is 0 Å². The van der Waals surface area contributed by atoms with Crippen molar-refractivity contribution in [2.24, 2.45) is 0 Å². The maximum Gasteiger partial charge on any atom is 0.0270 e. The highest BCUT2D eigenvalue weighted by Crippen LogP contribution is 2.17. The van der Waals surface area contributed by atoms with Crippen LogP contribution in [0.1, 0.15) is 32.8 Å². The Morgan fingerprint density at radius 2 is 2.11 bits per heavy atom. The van der Waals surface area contributed by atoms with Gasteiger partial charge >= 0.3 is 0 Å². The average Bonchev–Trinajstić information content (AvgIpc) is 2.37. The van der Waals surface area contributed by atoms with Crippen molar-refractivity contribution in [3.05, 3.63) is 30.1 Å². The van der Waals surface area contributed by atoms with Crippen LogP contribution in [0.2, 0.25) is 0 Å². The molecule has 3 nitrogen and oxygen atoms in total. The van der Waals surface area contributed by atoms with Crippen molar-refractivity contribution in [3.63, 3.8) is 0 Å². The second kappa shape index (κ2) is 5.81. The van der Waals surface area contributed by atoms with E-state index in [0.717, 1.165) is 26.1 Å². The maximum absolute atomic E-state index is 4.07. The molecule has 3 heteroatoms. The zero-order valence-electron chi connectivity index (χ0n) is 11.8. The monoisotopic (exact) mass is 247 g/mol. The van der Waals surface area contributed by atoms with Crippen LogP contribution >= 0.6 is 0 Å². The lowest BCUT2D eigenvalue weighted by Gasteiger charge is -2.44. The second-order valence-electron chi connectivity index (χ2n) is 5.90. The zero-order chi connectivity index (χ0) is 13.0. The van der Waals surface area contributed by atoms with Crippen molar-refractivity contribution in [1.29, 1.82) is 0 Å². The molecule has 100 valence electrons. The lowest BCUT2D eigenvalue weighted by atomic mass is 9.97. The predicted molar refractivity (Wildman–Crippen MR) is 75.7 cm³/mol. The second-order valence-corrected chi connectivity index (χ2v) is 5.90. The molecule has 1 aliphatic rings. The smallest absolute Gasteiger partial charge is 0.0270 e. The van der Waals surface area contributed by atoms with Crippen molar-refractivity contribution < 1.29 is 0 Å². The van der Waals surface area contributed by atoms with Gasteiger partial charge in [0.05, 0.1) is 0 Å². The van der Waals surface area contributed by atoms with E-state index in [1.54, 1.807) is 0 Å². The number of nitrogens with zero attached hydrogens (tertiary/aromatic N) is 2. The molecule has 1 fully saturated rings. The summed E-state index contributed by atoms with van der Waals surface area (Å²) in [5.74, 6) is 0. The standard InChI is InChI=1S/C15H25N3/c1-4-14-11-17-15(2,3)12-18(14)10-7-13-5-8-16-9-6-13/h5-6,8-9,14,17H,4,7,10-12H2,1-3H3. The maximum atomic E-state index is 4.07. The van der Waals surface area contributed by atoms with Crippen molar-refractivity contribution in [2.45, 2.75) is 45.2 Å². The molecule has 1 saturated heterocycles. The van der Waals surface area contributed by atoms with E-state index in [0.29, 0.717) is 6.04 Å². The van der Waals surface area contributed by atoms with E-state index in [1.807, 2.05) is 12.4 Å². The third kappa shape index (κ3) is 3.53. The summed E-state index contributed by atoms with van der Waals surface area (Å²) in [6, 6.07) is 4.92. The van der Waals surface area contributed by atoms with Gasteiger partial charge in [-0.15, -0.1) is 0 Å². The van der Waals surface area contributed by atoms with E-state index < -0.39 is 0 Å². The molecule has 0 bridgehead atoms. The van der Waals surface area contributed by atoms with Crippen LogP contribution < -0.4 is 5.32 Å². The molecule has 1 aromatic rings. The summed E-state index contributed by atoms with van der Waals surface area (Å²) >= 11 is 0. The van der Waals surface area contributed by atoms with Gasteiger partial charge in [-0.1, -0.05) is 6.92 Å². The Balaban J connectivity index is 1.93. The van der Waals surface area contributed by atoms with Gasteiger partial charge in [0, 0.05) is 43.6 Å². The van der Waals surface area contributed by atoms with E-state index in [2.05, 4.69) is 48.1 Å². The Morgan fingerprint density at radius 1 is 1.39 bits per heavy atom. The van der Waals surface area contributed by atoms with Crippen LogP contribution in [0.5, 0.6) is 0 Å². The zero-order valence-corrected chi connectivity index (χ0v) is 11.8. The largest absolute Gasteiger partial charge is 0.309 e. The number of pyridine rings is 1. The predicted octanol–water partition coefficient (Wildman–Crippen LogP) is 2.09. The van der Waals surface area contributed by atoms with E-state index in [-0.39, 0.29) is 5.54 Å². The normalized spacial score (nSPS) is 24.1. The number of hydrogen-bond donors (Lipinski definition) is 1. The molecular weight excluding hydrogens is 222 g/mol. The molecular formula is C15H25N3. The van der Waals surface area contributed by atoms with Crippen molar-refractivity contribution in [2.75, 3.05) is 19.6 Å². The van der Waals surface area contributed by atoms with Gasteiger partial charge in [0.1, 0.15) is 0 Å². The lowest BCUT2D eigenvalue weighted by Crippen LogP contribution is -2.61. The summed E-state index contributed by atoms with van der Waals surface area (Å²) in [7, 11) is 0. The summed E-state index contributed by atoms with van der Waals surface area (Å²) in [6.07, 6.45) is 6.11. The third-order valence-electron chi connectivity index (χ3n) is 3.84. The van der Waals surface area contributed by atoms with E-state index >= 15 is 0 Å². The van der Waals surface area contributed by atoms with Gasteiger partial charge in [-0.25, -0.2) is 0 Å². The summed E-state index contributed by atoms with van der Waals surface area (Å²) in [4.78, 5) is 6.71. The Kier molecular flexibility index (Phi) is 4.36. The molecule has 18 heavy (non-hydrogen) atoms. The third-order valence-corrected chi connectivity index (χ3v) is 3.84. The van der Waals surface area contributed by atoms with Crippen LogP contribution in [0, 0.1) is 0 Å². The molecule has 0 spiro atoms. The minimum atomic E-state index is 0.240. The van der Waals surface area contributed by atoms with Crippen LogP contribution in [-0.4, -0.2) is 41.1 Å². The molecule has 0 saturated carbocycles. The molecule has 1 unspecified atom stereocenters. The van der Waals surface area contributed by atoms with Crippen LogP contribution in [-0.2, 0) is 6.42 Å². The molecule has 1 N–H and O–H groups in total. The van der Waals surface area contributed by atoms with Gasteiger partial charge in [-0.2, -0.15) is 0 Å². The summed E-state index contributed by atoms with van der Waals surface area (Å²) < 4.78 is 0. The van der Waals surface area contributed by atoms with E-state index in [4.69, 9.17) is 0 Å². The van der Waals surface area contributed by atoms with Gasteiger partial charge in [0.15, 0.2) is 0 Å². The fraction of sp³-hybridized carbons (Fsp3) is 0.667. The first-order chi connectivity index (χ1) is 8.61. The fourth-order valence-electron chi connectivity index (χ4n) is 2.70. The quantitative estimate of drug-likeness (QED) is 0.883. The number of piperazine rings is 1. The molecule has 1 aliphatic heterocycles. The first kappa shape index (κ1) is 13.5. The molecule has 0 amide bonds. The van der Waals surface area contributed by atoms with Gasteiger partial charge in [0.2, 0.25) is 0 Å². The van der Waals surface area contributed by atoms with Crippen LogP contribution in [0.25, 0.3) is 0 Å². The van der Waals surface area contributed by atoms with Gasteiger partial charge < -0.3 is 5.32 Å². The molecule has 0 aliphatic carbocycles. The number of rotatable bonds is 4. The first-order valence-electron chi connectivity index (χ1n) is 6.99. The Bertz CT molecular complexity index is 361.